The smallest absolute Gasteiger partial charge is 0.176 e. The van der Waals surface area contributed by atoms with Crippen LogP contribution in [0.5, 0.6) is 0 Å². The molecule has 0 saturated heterocycles. The number of Topliss-reactive ketones (excluding diaryl/α,β-unsaturated/α-hetero) is 1. The molecule has 0 aliphatic heterocycles. The average molecular weight is 203 g/mol. The molecule has 0 saturated carbocycles. The number of aryl methyl sites for hydroxylation is 2. The van der Waals surface area contributed by atoms with Crippen LogP contribution >= 0.6 is 0 Å². The van der Waals surface area contributed by atoms with Gasteiger partial charge in [0.2, 0.25) is 0 Å². The van der Waals surface area contributed by atoms with Crippen LogP contribution in [0.3, 0.4) is 0 Å². The van der Waals surface area contributed by atoms with E-state index in [0.29, 0.717) is 13.1 Å². The molecule has 1 N–H and O–H groups in total. The third-order valence-electron chi connectivity index (χ3n) is 2.40. The summed E-state index contributed by atoms with van der Waals surface area (Å²) in [5.74, 6) is 0.125. The summed E-state index contributed by atoms with van der Waals surface area (Å²) < 4.78 is 0. The molecule has 1 aromatic carbocycles. The number of carbonyl (C=O) groups excluding carboxylic acids is 1. The zero-order chi connectivity index (χ0) is 11.3. The number of rotatable bonds is 5. The van der Waals surface area contributed by atoms with Crippen LogP contribution in [0.2, 0.25) is 0 Å². The van der Waals surface area contributed by atoms with Gasteiger partial charge in [-0.25, -0.2) is 0 Å². The van der Waals surface area contributed by atoms with E-state index in [9.17, 15) is 4.79 Å². The first-order chi connectivity index (χ1) is 7.15. The van der Waals surface area contributed by atoms with E-state index >= 15 is 0 Å². The normalized spacial score (nSPS) is 10.0. The first-order valence-corrected chi connectivity index (χ1v) is 5.07. The quantitative estimate of drug-likeness (QED) is 0.452. The molecule has 0 heterocycles. The first kappa shape index (κ1) is 11.7. The predicted molar refractivity (Wildman–Crippen MR) is 63.3 cm³/mol. The van der Waals surface area contributed by atoms with Crippen LogP contribution in [0.15, 0.2) is 30.9 Å². The van der Waals surface area contributed by atoms with E-state index in [1.54, 1.807) is 6.08 Å². The molecule has 0 aromatic heterocycles. The van der Waals surface area contributed by atoms with Gasteiger partial charge in [-0.3, -0.25) is 4.79 Å². The van der Waals surface area contributed by atoms with Crippen molar-refractivity contribution < 1.29 is 4.79 Å². The molecule has 2 heteroatoms. The van der Waals surface area contributed by atoms with E-state index in [1.165, 1.54) is 5.56 Å². The highest BCUT2D eigenvalue weighted by Gasteiger charge is 2.05. The lowest BCUT2D eigenvalue weighted by atomic mass is 10.0. The second-order valence-electron chi connectivity index (χ2n) is 3.64. The molecule has 1 rings (SSSR count). The number of nitrogens with one attached hydrogen (secondary N) is 1. The zero-order valence-electron chi connectivity index (χ0n) is 9.34. The fourth-order valence-corrected chi connectivity index (χ4v) is 1.30. The van der Waals surface area contributed by atoms with Gasteiger partial charge in [-0.1, -0.05) is 18.2 Å². The molecule has 80 valence electrons. The Bertz CT molecular complexity index is 369. The van der Waals surface area contributed by atoms with Gasteiger partial charge in [0.05, 0.1) is 6.54 Å². The molecule has 0 amide bonds. The van der Waals surface area contributed by atoms with Crippen molar-refractivity contribution in [2.24, 2.45) is 0 Å². The Labute approximate surface area is 91.0 Å². The molecule has 0 radical (unpaired) electrons. The van der Waals surface area contributed by atoms with Gasteiger partial charge in [-0.2, -0.15) is 0 Å². The summed E-state index contributed by atoms with van der Waals surface area (Å²) >= 11 is 0. The molecular formula is C13H17NO. The van der Waals surface area contributed by atoms with Gasteiger partial charge < -0.3 is 5.32 Å². The van der Waals surface area contributed by atoms with Gasteiger partial charge >= 0.3 is 0 Å². The number of hydrogen-bond donors (Lipinski definition) is 1. The van der Waals surface area contributed by atoms with E-state index < -0.39 is 0 Å². The van der Waals surface area contributed by atoms with Gasteiger partial charge in [0.15, 0.2) is 5.78 Å². The molecule has 0 aliphatic rings. The summed E-state index contributed by atoms with van der Waals surface area (Å²) in [6.45, 7) is 8.67. The molecule has 15 heavy (non-hydrogen) atoms. The van der Waals surface area contributed by atoms with E-state index in [1.807, 2.05) is 32.0 Å². The SMILES string of the molecule is C=CCNCC(=O)c1ccc(C)c(C)c1. The van der Waals surface area contributed by atoms with Crippen LogP contribution < -0.4 is 5.32 Å². The largest absolute Gasteiger partial charge is 0.306 e. The van der Waals surface area contributed by atoms with E-state index in [2.05, 4.69) is 11.9 Å². The Hall–Kier alpha value is -1.41. The molecule has 0 aliphatic carbocycles. The number of hydrogen-bond acceptors (Lipinski definition) is 2. The first-order valence-electron chi connectivity index (χ1n) is 5.07. The zero-order valence-corrected chi connectivity index (χ0v) is 9.34. The van der Waals surface area contributed by atoms with Crippen LogP contribution in [0.25, 0.3) is 0 Å². The van der Waals surface area contributed by atoms with Gasteiger partial charge in [-0.15, -0.1) is 6.58 Å². The maximum atomic E-state index is 11.7. The van der Waals surface area contributed by atoms with E-state index in [0.717, 1.165) is 11.1 Å². The highest BCUT2D eigenvalue weighted by Crippen LogP contribution is 2.09. The maximum Gasteiger partial charge on any atom is 0.176 e. The minimum atomic E-state index is 0.125. The molecule has 0 atom stereocenters. The Morgan fingerprint density at radius 1 is 1.40 bits per heavy atom. The minimum absolute atomic E-state index is 0.125. The fourth-order valence-electron chi connectivity index (χ4n) is 1.30. The molecule has 2 nitrogen and oxygen atoms in total. The summed E-state index contributed by atoms with van der Waals surface area (Å²) in [6.07, 6.45) is 1.74. The lowest BCUT2D eigenvalue weighted by molar-refractivity contribution is 0.0992. The molecule has 0 fully saturated rings. The van der Waals surface area contributed by atoms with Crippen LogP contribution in [0.4, 0.5) is 0 Å². The van der Waals surface area contributed by atoms with E-state index in [-0.39, 0.29) is 5.78 Å². The predicted octanol–water partition coefficient (Wildman–Crippen LogP) is 2.26. The number of carbonyl (C=O) groups is 1. The van der Waals surface area contributed by atoms with Crippen molar-refractivity contribution in [2.75, 3.05) is 13.1 Å². The molecular weight excluding hydrogens is 186 g/mol. The van der Waals surface area contributed by atoms with Crippen molar-refractivity contribution >= 4 is 5.78 Å². The Morgan fingerprint density at radius 2 is 2.13 bits per heavy atom. The lowest BCUT2D eigenvalue weighted by Crippen LogP contribution is -2.23. The Kier molecular flexibility index (Phi) is 4.25. The van der Waals surface area contributed by atoms with Crippen LogP contribution in [-0.4, -0.2) is 18.9 Å². The van der Waals surface area contributed by atoms with Gasteiger partial charge in [0, 0.05) is 12.1 Å². The number of ketones is 1. The standard InChI is InChI=1S/C13H17NO/c1-4-7-14-9-13(15)12-6-5-10(2)11(3)8-12/h4-6,8,14H,1,7,9H2,2-3H3. The van der Waals surface area contributed by atoms with Crippen LogP contribution in [0.1, 0.15) is 21.5 Å². The second-order valence-corrected chi connectivity index (χ2v) is 3.64. The summed E-state index contributed by atoms with van der Waals surface area (Å²) in [4.78, 5) is 11.7. The lowest BCUT2D eigenvalue weighted by Gasteiger charge is -2.04. The highest BCUT2D eigenvalue weighted by atomic mass is 16.1. The molecule has 0 bridgehead atoms. The van der Waals surface area contributed by atoms with Gasteiger partial charge in [-0.05, 0) is 31.0 Å². The molecule has 0 unspecified atom stereocenters. The van der Waals surface area contributed by atoms with Crippen LogP contribution in [-0.2, 0) is 0 Å². The topological polar surface area (TPSA) is 29.1 Å². The summed E-state index contributed by atoms with van der Waals surface area (Å²) in [5, 5.41) is 3.00. The molecule has 0 spiro atoms. The van der Waals surface area contributed by atoms with Crippen molar-refractivity contribution in [3.05, 3.63) is 47.5 Å². The molecule has 1 aromatic rings. The van der Waals surface area contributed by atoms with Gasteiger partial charge in [0.1, 0.15) is 0 Å². The average Bonchev–Trinajstić information content (AvgIpc) is 2.22. The highest BCUT2D eigenvalue weighted by molar-refractivity contribution is 5.97. The van der Waals surface area contributed by atoms with Crippen molar-refractivity contribution in [2.45, 2.75) is 13.8 Å². The van der Waals surface area contributed by atoms with Crippen molar-refractivity contribution in [1.29, 1.82) is 0 Å². The third kappa shape index (κ3) is 3.33. The number of benzene rings is 1. The van der Waals surface area contributed by atoms with Crippen LogP contribution in [0, 0.1) is 13.8 Å². The van der Waals surface area contributed by atoms with Crippen molar-refractivity contribution in [1.82, 2.24) is 5.32 Å². The fraction of sp³-hybridized carbons (Fsp3) is 0.308. The monoisotopic (exact) mass is 203 g/mol. The van der Waals surface area contributed by atoms with Crippen molar-refractivity contribution in [3.8, 4) is 0 Å². The Morgan fingerprint density at radius 3 is 2.73 bits per heavy atom. The third-order valence-corrected chi connectivity index (χ3v) is 2.40. The minimum Gasteiger partial charge on any atom is -0.306 e. The van der Waals surface area contributed by atoms with E-state index in [4.69, 9.17) is 0 Å². The maximum absolute atomic E-state index is 11.7. The summed E-state index contributed by atoms with van der Waals surface area (Å²) in [7, 11) is 0. The summed E-state index contributed by atoms with van der Waals surface area (Å²) in [5.41, 5.74) is 3.14. The van der Waals surface area contributed by atoms with Crippen molar-refractivity contribution in [3.63, 3.8) is 0 Å². The second kappa shape index (κ2) is 5.47. The van der Waals surface area contributed by atoms with Gasteiger partial charge in [0.25, 0.3) is 0 Å². The summed E-state index contributed by atoms with van der Waals surface area (Å²) in [6, 6.07) is 5.80. The Balaban J connectivity index is 2.65.